The van der Waals surface area contributed by atoms with Crippen molar-refractivity contribution < 1.29 is 28.9 Å². The van der Waals surface area contributed by atoms with Crippen LogP contribution in [0.25, 0.3) is 0 Å². The van der Waals surface area contributed by atoms with Crippen LogP contribution in [0.4, 0.5) is 11.4 Å². The molecule has 0 radical (unpaired) electrons. The predicted octanol–water partition coefficient (Wildman–Crippen LogP) is 3.20. The molecular formula is C24H28N2O6. The highest BCUT2D eigenvalue weighted by atomic mass is 16.7. The number of carbonyl (C=O) groups excluding carboxylic acids is 2. The Hall–Kier alpha value is -3.36. The average molecular weight is 440 g/mol. The first-order valence-corrected chi connectivity index (χ1v) is 10.5. The van der Waals surface area contributed by atoms with Crippen molar-refractivity contribution >= 4 is 23.3 Å². The normalized spacial score (nSPS) is 17.8. The van der Waals surface area contributed by atoms with Crippen molar-refractivity contribution in [2.24, 2.45) is 0 Å². The summed E-state index contributed by atoms with van der Waals surface area (Å²) in [5.74, 6) is -0.867. The lowest BCUT2D eigenvalue weighted by Crippen LogP contribution is -2.29. The van der Waals surface area contributed by atoms with Gasteiger partial charge in [-0.3, -0.25) is 4.79 Å². The zero-order valence-electron chi connectivity index (χ0n) is 18.0. The van der Waals surface area contributed by atoms with Crippen molar-refractivity contribution in [3.05, 3.63) is 71.5 Å². The van der Waals surface area contributed by atoms with E-state index in [0.717, 1.165) is 5.56 Å². The minimum Gasteiger partial charge on any atom is -0.465 e. The van der Waals surface area contributed by atoms with Crippen LogP contribution in [0.2, 0.25) is 0 Å². The lowest BCUT2D eigenvalue weighted by Gasteiger charge is -2.29. The SMILES string of the molecule is COC(=O)c1ccc([C@H]2C=C(C(=O)Nc3ccccc3N)O[C@@H](OCCCCO)C2)cc1. The largest absolute Gasteiger partial charge is 0.465 e. The minimum absolute atomic E-state index is 0.0934. The maximum absolute atomic E-state index is 12.9. The summed E-state index contributed by atoms with van der Waals surface area (Å²) in [4.78, 5) is 24.6. The van der Waals surface area contributed by atoms with Gasteiger partial charge in [0.25, 0.3) is 5.91 Å². The number of anilines is 2. The number of hydrogen-bond donors (Lipinski definition) is 3. The van der Waals surface area contributed by atoms with Gasteiger partial charge in [0.1, 0.15) is 0 Å². The summed E-state index contributed by atoms with van der Waals surface area (Å²) in [5, 5.41) is 11.7. The molecule has 0 aliphatic carbocycles. The van der Waals surface area contributed by atoms with Gasteiger partial charge in [-0.15, -0.1) is 0 Å². The number of nitrogens with two attached hydrogens (primary N) is 1. The molecule has 4 N–H and O–H groups in total. The molecular weight excluding hydrogens is 412 g/mol. The fraction of sp³-hybridized carbons (Fsp3) is 0.333. The number of methoxy groups -OCH3 is 1. The van der Waals surface area contributed by atoms with Gasteiger partial charge >= 0.3 is 5.97 Å². The molecule has 0 saturated heterocycles. The van der Waals surface area contributed by atoms with Gasteiger partial charge < -0.3 is 30.4 Å². The number of benzene rings is 2. The number of allylic oxidation sites excluding steroid dienone is 1. The molecule has 1 aliphatic heterocycles. The van der Waals surface area contributed by atoms with E-state index < -0.39 is 18.2 Å². The third kappa shape index (κ3) is 6.09. The number of ether oxygens (including phenoxy) is 3. The molecule has 170 valence electrons. The Morgan fingerprint density at radius 1 is 1.16 bits per heavy atom. The van der Waals surface area contributed by atoms with Crippen LogP contribution in [-0.4, -0.2) is 43.6 Å². The Morgan fingerprint density at radius 3 is 2.59 bits per heavy atom. The Labute approximate surface area is 187 Å². The Kier molecular flexibility index (Phi) is 8.24. The summed E-state index contributed by atoms with van der Waals surface area (Å²) in [7, 11) is 1.33. The minimum atomic E-state index is -0.627. The van der Waals surface area contributed by atoms with E-state index in [4.69, 9.17) is 25.1 Å². The third-order valence-electron chi connectivity index (χ3n) is 5.11. The number of aliphatic hydroxyl groups excluding tert-OH is 1. The molecule has 0 bridgehead atoms. The summed E-state index contributed by atoms with van der Waals surface area (Å²) in [6, 6.07) is 14.0. The van der Waals surface area contributed by atoms with Gasteiger partial charge in [-0.1, -0.05) is 24.3 Å². The fourth-order valence-electron chi connectivity index (χ4n) is 3.36. The van der Waals surface area contributed by atoms with Crippen molar-refractivity contribution in [2.45, 2.75) is 31.5 Å². The molecule has 2 aromatic carbocycles. The fourth-order valence-corrected chi connectivity index (χ4v) is 3.36. The van der Waals surface area contributed by atoms with Crippen molar-refractivity contribution in [3.8, 4) is 0 Å². The van der Waals surface area contributed by atoms with Crippen molar-refractivity contribution in [1.29, 1.82) is 0 Å². The van der Waals surface area contributed by atoms with E-state index in [2.05, 4.69) is 5.32 Å². The molecule has 0 spiro atoms. The third-order valence-corrected chi connectivity index (χ3v) is 5.11. The molecule has 0 aromatic heterocycles. The molecule has 1 aliphatic rings. The topological polar surface area (TPSA) is 120 Å². The molecule has 0 fully saturated rings. The summed E-state index contributed by atoms with van der Waals surface area (Å²) in [6.07, 6.45) is 2.93. The molecule has 1 amide bonds. The van der Waals surface area contributed by atoms with Gasteiger partial charge in [0.2, 0.25) is 6.29 Å². The summed E-state index contributed by atoms with van der Waals surface area (Å²) in [6.45, 7) is 0.496. The van der Waals surface area contributed by atoms with Crippen LogP contribution in [0, 0.1) is 0 Å². The molecule has 2 aromatic rings. The molecule has 0 saturated carbocycles. The summed E-state index contributed by atoms with van der Waals surface area (Å²) < 4.78 is 16.4. The van der Waals surface area contributed by atoms with E-state index in [0.29, 0.717) is 42.8 Å². The smallest absolute Gasteiger partial charge is 0.337 e. The maximum Gasteiger partial charge on any atom is 0.337 e. The van der Waals surface area contributed by atoms with Gasteiger partial charge in [-0.05, 0) is 48.7 Å². The van der Waals surface area contributed by atoms with E-state index in [1.54, 1.807) is 42.5 Å². The molecule has 3 rings (SSSR count). The van der Waals surface area contributed by atoms with Crippen LogP contribution >= 0.6 is 0 Å². The zero-order valence-corrected chi connectivity index (χ0v) is 18.0. The van der Waals surface area contributed by atoms with Crippen LogP contribution in [0.1, 0.15) is 41.1 Å². The number of esters is 1. The van der Waals surface area contributed by atoms with Crippen molar-refractivity contribution in [3.63, 3.8) is 0 Å². The number of amides is 1. The summed E-state index contributed by atoms with van der Waals surface area (Å²) in [5.41, 5.74) is 8.23. The first-order chi connectivity index (χ1) is 15.5. The number of hydrogen-bond acceptors (Lipinski definition) is 7. The van der Waals surface area contributed by atoms with Crippen LogP contribution in [-0.2, 0) is 19.0 Å². The van der Waals surface area contributed by atoms with Crippen LogP contribution in [0.3, 0.4) is 0 Å². The lowest BCUT2D eigenvalue weighted by atomic mass is 9.92. The second-order valence-electron chi connectivity index (χ2n) is 7.38. The van der Waals surface area contributed by atoms with Gasteiger partial charge in [0.15, 0.2) is 5.76 Å². The van der Waals surface area contributed by atoms with Crippen molar-refractivity contribution in [1.82, 2.24) is 0 Å². The van der Waals surface area contributed by atoms with Crippen LogP contribution < -0.4 is 11.1 Å². The van der Waals surface area contributed by atoms with Crippen LogP contribution in [0.5, 0.6) is 0 Å². The lowest BCUT2D eigenvalue weighted by molar-refractivity contribution is -0.143. The highest BCUT2D eigenvalue weighted by molar-refractivity contribution is 6.04. The number of nitrogen functional groups attached to an aromatic ring is 1. The molecule has 8 nitrogen and oxygen atoms in total. The van der Waals surface area contributed by atoms with Gasteiger partial charge in [-0.2, -0.15) is 0 Å². The van der Waals surface area contributed by atoms with E-state index in [9.17, 15) is 9.59 Å². The number of unbranched alkanes of at least 4 members (excludes halogenated alkanes) is 1. The summed E-state index contributed by atoms with van der Waals surface area (Å²) >= 11 is 0. The standard InChI is InChI=1S/C24H28N2O6/c1-30-24(29)17-10-8-16(9-11-17)18-14-21(32-22(15-18)31-13-5-4-12-27)23(28)26-20-7-3-2-6-19(20)25/h2-3,6-11,14,18,22,27H,4-5,12-13,15,25H2,1H3,(H,26,28)/t18-,22+/m0/s1. The molecule has 0 unspecified atom stereocenters. The second kappa shape index (κ2) is 11.3. The predicted molar refractivity (Wildman–Crippen MR) is 120 cm³/mol. The van der Waals surface area contributed by atoms with Crippen molar-refractivity contribution in [2.75, 3.05) is 31.4 Å². The van der Waals surface area contributed by atoms with Gasteiger partial charge in [0.05, 0.1) is 30.7 Å². The molecule has 2 atom stereocenters. The van der Waals surface area contributed by atoms with E-state index in [1.807, 2.05) is 12.1 Å². The van der Waals surface area contributed by atoms with E-state index >= 15 is 0 Å². The number of nitrogens with one attached hydrogen (secondary N) is 1. The van der Waals surface area contributed by atoms with Gasteiger partial charge in [-0.25, -0.2) is 4.79 Å². The first-order valence-electron chi connectivity index (χ1n) is 10.5. The monoisotopic (exact) mass is 440 g/mol. The van der Waals surface area contributed by atoms with Gasteiger partial charge in [0, 0.05) is 18.9 Å². The molecule has 32 heavy (non-hydrogen) atoms. The average Bonchev–Trinajstić information content (AvgIpc) is 2.82. The number of rotatable bonds is 9. The Bertz CT molecular complexity index is 957. The van der Waals surface area contributed by atoms with E-state index in [1.165, 1.54) is 7.11 Å². The maximum atomic E-state index is 12.9. The molecule has 8 heteroatoms. The zero-order chi connectivity index (χ0) is 22.9. The highest BCUT2D eigenvalue weighted by Gasteiger charge is 2.29. The first kappa shape index (κ1) is 23.3. The number of aliphatic hydroxyl groups is 1. The molecule has 1 heterocycles. The second-order valence-corrected chi connectivity index (χ2v) is 7.38. The number of carbonyl (C=O) groups is 2. The number of para-hydroxylation sites is 2. The Morgan fingerprint density at radius 2 is 1.91 bits per heavy atom. The van der Waals surface area contributed by atoms with Crippen LogP contribution in [0.15, 0.2) is 60.4 Å². The highest BCUT2D eigenvalue weighted by Crippen LogP contribution is 2.32. The quantitative estimate of drug-likeness (QED) is 0.311. The Balaban J connectivity index is 1.79. The van der Waals surface area contributed by atoms with E-state index in [-0.39, 0.29) is 18.3 Å².